The summed E-state index contributed by atoms with van der Waals surface area (Å²) in [6.07, 6.45) is 6.77. The summed E-state index contributed by atoms with van der Waals surface area (Å²) in [5.74, 6) is 0. The van der Waals surface area contributed by atoms with Gasteiger partial charge < -0.3 is 4.74 Å². The van der Waals surface area contributed by atoms with Gasteiger partial charge in [0.2, 0.25) is 0 Å². The fourth-order valence-electron chi connectivity index (χ4n) is 1.47. The van der Waals surface area contributed by atoms with Gasteiger partial charge in [-0.05, 0) is 33.6 Å². The molecule has 1 unspecified atom stereocenters. The van der Waals surface area contributed by atoms with Crippen LogP contribution in [0, 0.1) is 0 Å². The molecule has 0 saturated carbocycles. The minimum atomic E-state index is 0.0207. The molecule has 0 aliphatic heterocycles. The number of hydrogen-bond acceptors (Lipinski definition) is 1. The first-order valence-corrected chi connectivity index (χ1v) is 5.67. The molecule has 1 nitrogen and oxygen atoms in total. The van der Waals surface area contributed by atoms with E-state index in [1.165, 1.54) is 25.7 Å². The second-order valence-electron chi connectivity index (χ2n) is 4.76. The molecule has 0 bridgehead atoms. The zero-order valence-corrected chi connectivity index (χ0v) is 10.0. The van der Waals surface area contributed by atoms with Crippen molar-refractivity contribution in [3.05, 3.63) is 0 Å². The Hall–Kier alpha value is -0.0400. The van der Waals surface area contributed by atoms with Crippen LogP contribution in [0.2, 0.25) is 0 Å². The molecule has 0 spiro atoms. The summed E-state index contributed by atoms with van der Waals surface area (Å²) in [6, 6.07) is 0. The van der Waals surface area contributed by atoms with Crippen molar-refractivity contribution in [2.45, 2.75) is 78.4 Å². The number of unbranched alkanes of at least 4 members (excludes halogenated alkanes) is 2. The van der Waals surface area contributed by atoms with Gasteiger partial charge in [0.25, 0.3) is 0 Å². The maximum Gasteiger partial charge on any atom is 0.0602 e. The van der Waals surface area contributed by atoms with Gasteiger partial charge in [-0.25, -0.2) is 0 Å². The van der Waals surface area contributed by atoms with E-state index in [0.29, 0.717) is 6.10 Å². The number of ether oxygens (including phenoxy) is 1. The second-order valence-corrected chi connectivity index (χ2v) is 4.76. The van der Waals surface area contributed by atoms with E-state index in [-0.39, 0.29) is 5.60 Å². The molecule has 0 aliphatic carbocycles. The molecule has 0 aliphatic rings. The Kier molecular flexibility index (Phi) is 6.40. The van der Waals surface area contributed by atoms with Crippen LogP contribution in [0.15, 0.2) is 0 Å². The Morgan fingerprint density at radius 1 is 1.08 bits per heavy atom. The first kappa shape index (κ1) is 13.0. The molecular formula is C12H26O. The summed E-state index contributed by atoms with van der Waals surface area (Å²) < 4.78 is 5.93. The summed E-state index contributed by atoms with van der Waals surface area (Å²) in [4.78, 5) is 0. The van der Waals surface area contributed by atoms with Gasteiger partial charge in [0.15, 0.2) is 0 Å². The lowest BCUT2D eigenvalue weighted by molar-refractivity contribution is -0.0649. The van der Waals surface area contributed by atoms with Crippen molar-refractivity contribution in [1.82, 2.24) is 0 Å². The molecule has 0 rings (SSSR count). The maximum absolute atomic E-state index is 5.93. The van der Waals surface area contributed by atoms with Crippen molar-refractivity contribution < 1.29 is 4.74 Å². The van der Waals surface area contributed by atoms with Crippen LogP contribution >= 0.6 is 0 Å². The highest BCUT2D eigenvalue weighted by molar-refractivity contribution is 4.65. The van der Waals surface area contributed by atoms with Crippen molar-refractivity contribution >= 4 is 0 Å². The van der Waals surface area contributed by atoms with Gasteiger partial charge in [-0.1, -0.05) is 33.1 Å². The minimum Gasteiger partial charge on any atom is -0.373 e. The van der Waals surface area contributed by atoms with Gasteiger partial charge in [0.1, 0.15) is 0 Å². The van der Waals surface area contributed by atoms with Gasteiger partial charge in [-0.2, -0.15) is 0 Å². The van der Waals surface area contributed by atoms with Crippen LogP contribution in [0.1, 0.15) is 66.7 Å². The standard InChI is InChI=1S/C12H26O/c1-6-8-9-10-11(7-2)13-12(3,4)5/h11H,6-10H2,1-5H3. The van der Waals surface area contributed by atoms with Crippen LogP contribution in [0.25, 0.3) is 0 Å². The van der Waals surface area contributed by atoms with Gasteiger partial charge in [0, 0.05) is 0 Å². The monoisotopic (exact) mass is 186 g/mol. The van der Waals surface area contributed by atoms with Crippen LogP contribution in [0.3, 0.4) is 0 Å². The van der Waals surface area contributed by atoms with E-state index in [2.05, 4.69) is 34.6 Å². The van der Waals surface area contributed by atoms with Crippen molar-refractivity contribution in [3.63, 3.8) is 0 Å². The lowest BCUT2D eigenvalue weighted by Gasteiger charge is -2.26. The number of hydrogen-bond donors (Lipinski definition) is 0. The summed E-state index contributed by atoms with van der Waals surface area (Å²) in [7, 11) is 0. The van der Waals surface area contributed by atoms with Crippen LogP contribution in [-0.2, 0) is 4.74 Å². The van der Waals surface area contributed by atoms with Crippen LogP contribution in [0.4, 0.5) is 0 Å². The van der Waals surface area contributed by atoms with Crippen LogP contribution in [-0.4, -0.2) is 11.7 Å². The normalized spacial score (nSPS) is 14.5. The predicted octanol–water partition coefficient (Wildman–Crippen LogP) is 4.16. The Morgan fingerprint density at radius 3 is 2.08 bits per heavy atom. The molecule has 0 saturated heterocycles. The minimum absolute atomic E-state index is 0.0207. The van der Waals surface area contributed by atoms with Gasteiger partial charge in [0.05, 0.1) is 11.7 Å². The molecule has 0 aromatic heterocycles. The lowest BCUT2D eigenvalue weighted by Crippen LogP contribution is -2.26. The van der Waals surface area contributed by atoms with Gasteiger partial charge >= 0.3 is 0 Å². The number of rotatable bonds is 6. The maximum atomic E-state index is 5.93. The molecule has 0 aromatic rings. The third-order valence-electron chi connectivity index (χ3n) is 2.11. The van der Waals surface area contributed by atoms with E-state index in [1.54, 1.807) is 0 Å². The van der Waals surface area contributed by atoms with Crippen LogP contribution in [0.5, 0.6) is 0 Å². The quantitative estimate of drug-likeness (QED) is 0.566. The highest BCUT2D eigenvalue weighted by Gasteiger charge is 2.16. The third kappa shape index (κ3) is 8.29. The molecule has 13 heavy (non-hydrogen) atoms. The van der Waals surface area contributed by atoms with Gasteiger partial charge in [-0.3, -0.25) is 0 Å². The molecule has 0 fully saturated rings. The van der Waals surface area contributed by atoms with E-state index in [9.17, 15) is 0 Å². The van der Waals surface area contributed by atoms with E-state index >= 15 is 0 Å². The van der Waals surface area contributed by atoms with E-state index < -0.39 is 0 Å². The molecule has 1 atom stereocenters. The Morgan fingerprint density at radius 2 is 1.69 bits per heavy atom. The molecule has 0 aromatic carbocycles. The Bertz CT molecular complexity index is 113. The predicted molar refractivity (Wildman–Crippen MR) is 59.1 cm³/mol. The van der Waals surface area contributed by atoms with Crippen molar-refractivity contribution in [1.29, 1.82) is 0 Å². The van der Waals surface area contributed by atoms with Crippen LogP contribution < -0.4 is 0 Å². The van der Waals surface area contributed by atoms with E-state index in [0.717, 1.165) is 6.42 Å². The zero-order valence-electron chi connectivity index (χ0n) is 10.0. The lowest BCUT2D eigenvalue weighted by atomic mass is 10.1. The molecule has 0 N–H and O–H groups in total. The molecule has 0 radical (unpaired) electrons. The highest BCUT2D eigenvalue weighted by atomic mass is 16.5. The summed E-state index contributed by atoms with van der Waals surface area (Å²) in [5, 5.41) is 0. The average Bonchev–Trinajstić information content (AvgIpc) is 2.01. The fourth-order valence-corrected chi connectivity index (χ4v) is 1.47. The van der Waals surface area contributed by atoms with Crippen molar-refractivity contribution in [2.75, 3.05) is 0 Å². The first-order chi connectivity index (χ1) is 5.99. The third-order valence-corrected chi connectivity index (χ3v) is 2.11. The largest absolute Gasteiger partial charge is 0.373 e. The highest BCUT2D eigenvalue weighted by Crippen LogP contribution is 2.17. The topological polar surface area (TPSA) is 9.23 Å². The summed E-state index contributed by atoms with van der Waals surface area (Å²) >= 11 is 0. The van der Waals surface area contributed by atoms with Crippen molar-refractivity contribution in [3.8, 4) is 0 Å². The zero-order chi connectivity index (χ0) is 10.3. The molecule has 80 valence electrons. The molecule has 1 heteroatoms. The Balaban J connectivity index is 3.63. The molecule has 0 amide bonds. The SMILES string of the molecule is CCCCCC(CC)OC(C)(C)C. The summed E-state index contributed by atoms with van der Waals surface area (Å²) in [5.41, 5.74) is 0.0207. The molecule has 0 heterocycles. The van der Waals surface area contributed by atoms with Gasteiger partial charge in [-0.15, -0.1) is 0 Å². The Labute approximate surface area is 83.9 Å². The smallest absolute Gasteiger partial charge is 0.0602 e. The molecular weight excluding hydrogens is 160 g/mol. The first-order valence-electron chi connectivity index (χ1n) is 5.67. The van der Waals surface area contributed by atoms with Crippen molar-refractivity contribution in [2.24, 2.45) is 0 Å². The average molecular weight is 186 g/mol. The second kappa shape index (κ2) is 6.42. The van der Waals surface area contributed by atoms with E-state index in [1.807, 2.05) is 0 Å². The van der Waals surface area contributed by atoms with E-state index in [4.69, 9.17) is 4.74 Å². The fraction of sp³-hybridized carbons (Fsp3) is 1.00. The summed E-state index contributed by atoms with van der Waals surface area (Å²) in [6.45, 7) is 10.9.